The highest BCUT2D eigenvalue weighted by atomic mass is 16.9. The van der Waals surface area contributed by atoms with Crippen molar-refractivity contribution in [2.75, 3.05) is 19.8 Å². The van der Waals surface area contributed by atoms with Crippen molar-refractivity contribution in [3.05, 3.63) is 52.6 Å². The SMILES string of the molecule is CC(C)(CCO[N+](=O)[O-])NCC(O)COc1cccc2[nH]c3ccccc3c12. The summed E-state index contributed by atoms with van der Waals surface area (Å²) < 4.78 is 5.90. The topological polar surface area (TPSA) is 110 Å². The van der Waals surface area contributed by atoms with Crippen LogP contribution in [0.15, 0.2) is 42.5 Å². The van der Waals surface area contributed by atoms with Crippen LogP contribution in [0.1, 0.15) is 20.3 Å². The Morgan fingerprint density at radius 1 is 1.21 bits per heavy atom. The molecule has 0 aliphatic carbocycles. The van der Waals surface area contributed by atoms with Crippen molar-refractivity contribution in [3.63, 3.8) is 0 Å². The van der Waals surface area contributed by atoms with E-state index in [9.17, 15) is 15.2 Å². The molecule has 0 radical (unpaired) electrons. The maximum Gasteiger partial charge on any atom is 0.294 e. The van der Waals surface area contributed by atoms with Gasteiger partial charge in [0.1, 0.15) is 18.5 Å². The summed E-state index contributed by atoms with van der Waals surface area (Å²) in [6, 6.07) is 13.8. The number of nitrogens with one attached hydrogen (secondary N) is 2. The summed E-state index contributed by atoms with van der Waals surface area (Å²) in [5, 5.41) is 25.0. The molecule has 0 saturated heterocycles. The second kappa shape index (κ2) is 8.45. The van der Waals surface area contributed by atoms with Gasteiger partial charge in [0, 0.05) is 28.4 Å². The first kappa shape index (κ1) is 19.9. The van der Waals surface area contributed by atoms with E-state index >= 15 is 0 Å². The molecule has 0 aliphatic heterocycles. The largest absolute Gasteiger partial charge is 0.490 e. The van der Waals surface area contributed by atoms with Gasteiger partial charge in [-0.05, 0) is 38.5 Å². The highest BCUT2D eigenvalue weighted by Gasteiger charge is 2.19. The summed E-state index contributed by atoms with van der Waals surface area (Å²) in [6.07, 6.45) is -0.285. The molecular weight excluding hydrogens is 362 g/mol. The zero-order valence-corrected chi connectivity index (χ0v) is 16.0. The Hall–Kier alpha value is -2.84. The molecule has 0 fully saturated rings. The van der Waals surface area contributed by atoms with Crippen LogP contribution >= 0.6 is 0 Å². The molecule has 3 rings (SSSR count). The van der Waals surface area contributed by atoms with Gasteiger partial charge >= 0.3 is 0 Å². The van der Waals surface area contributed by atoms with Crippen molar-refractivity contribution < 1.29 is 19.8 Å². The summed E-state index contributed by atoms with van der Waals surface area (Å²) in [5.41, 5.74) is 1.61. The van der Waals surface area contributed by atoms with Crippen LogP contribution < -0.4 is 10.1 Å². The molecule has 8 nitrogen and oxygen atoms in total. The van der Waals surface area contributed by atoms with E-state index in [1.54, 1.807) is 0 Å². The van der Waals surface area contributed by atoms with Gasteiger partial charge < -0.3 is 25.0 Å². The number of hydrogen-bond donors (Lipinski definition) is 3. The average Bonchev–Trinajstić information content (AvgIpc) is 3.03. The fourth-order valence-electron chi connectivity index (χ4n) is 3.09. The Bertz CT molecular complexity index is 953. The Balaban J connectivity index is 1.57. The minimum Gasteiger partial charge on any atom is -0.490 e. The van der Waals surface area contributed by atoms with E-state index in [-0.39, 0.29) is 13.2 Å². The highest BCUT2D eigenvalue weighted by Crippen LogP contribution is 2.32. The van der Waals surface area contributed by atoms with Crippen molar-refractivity contribution in [1.29, 1.82) is 0 Å². The van der Waals surface area contributed by atoms with E-state index in [0.29, 0.717) is 18.7 Å². The molecule has 1 aromatic heterocycles. The molecule has 3 N–H and O–H groups in total. The van der Waals surface area contributed by atoms with Gasteiger partial charge in [-0.2, -0.15) is 0 Å². The van der Waals surface area contributed by atoms with Crippen molar-refractivity contribution in [3.8, 4) is 5.75 Å². The maximum absolute atomic E-state index is 10.3. The molecule has 0 spiro atoms. The second-order valence-electron chi connectivity index (χ2n) is 7.39. The third-order valence-corrected chi connectivity index (χ3v) is 4.66. The first-order chi connectivity index (χ1) is 13.4. The molecule has 2 aromatic carbocycles. The molecule has 28 heavy (non-hydrogen) atoms. The van der Waals surface area contributed by atoms with Crippen LogP contribution in [0.4, 0.5) is 0 Å². The monoisotopic (exact) mass is 387 g/mol. The smallest absolute Gasteiger partial charge is 0.294 e. The lowest BCUT2D eigenvalue weighted by molar-refractivity contribution is -0.758. The van der Waals surface area contributed by atoms with Gasteiger partial charge in [0.25, 0.3) is 5.09 Å². The predicted molar refractivity (Wildman–Crippen MR) is 107 cm³/mol. The third kappa shape index (κ3) is 4.90. The number of aromatic nitrogens is 1. The molecule has 1 heterocycles. The molecule has 0 amide bonds. The average molecular weight is 387 g/mol. The number of ether oxygens (including phenoxy) is 1. The van der Waals surface area contributed by atoms with E-state index in [0.717, 1.165) is 21.8 Å². The number of aliphatic hydroxyl groups is 1. The number of hydrogen-bond acceptors (Lipinski definition) is 6. The number of nitrogens with zero attached hydrogens (tertiary/aromatic N) is 1. The van der Waals surface area contributed by atoms with Crippen LogP contribution in [-0.2, 0) is 4.84 Å². The lowest BCUT2D eigenvalue weighted by Crippen LogP contribution is -2.45. The number of H-pyrrole nitrogens is 1. The van der Waals surface area contributed by atoms with Crippen LogP contribution in [0.2, 0.25) is 0 Å². The Kier molecular flexibility index (Phi) is 6.01. The Labute approximate surface area is 162 Å². The molecule has 0 bridgehead atoms. The Morgan fingerprint density at radius 3 is 2.75 bits per heavy atom. The predicted octanol–water partition coefficient (Wildman–Crippen LogP) is 3.03. The number of benzene rings is 2. The summed E-state index contributed by atoms with van der Waals surface area (Å²) in [7, 11) is 0. The first-order valence-corrected chi connectivity index (χ1v) is 9.18. The van der Waals surface area contributed by atoms with E-state index in [4.69, 9.17) is 4.74 Å². The van der Waals surface area contributed by atoms with Crippen molar-refractivity contribution in [2.24, 2.45) is 0 Å². The van der Waals surface area contributed by atoms with Crippen LogP contribution in [0.25, 0.3) is 21.8 Å². The number of fused-ring (bicyclic) bond motifs is 3. The van der Waals surface area contributed by atoms with E-state index in [1.807, 2.05) is 56.3 Å². The normalized spacial score (nSPS) is 13.0. The number of aliphatic hydroxyl groups excluding tert-OH is 1. The number of para-hydroxylation sites is 1. The zero-order chi connectivity index (χ0) is 20.1. The molecule has 3 aromatic rings. The van der Waals surface area contributed by atoms with Gasteiger partial charge in [0.2, 0.25) is 0 Å². The number of aromatic amines is 1. The van der Waals surface area contributed by atoms with Gasteiger partial charge in [-0.15, -0.1) is 10.1 Å². The van der Waals surface area contributed by atoms with E-state index < -0.39 is 16.7 Å². The summed E-state index contributed by atoms with van der Waals surface area (Å²) in [4.78, 5) is 17.9. The van der Waals surface area contributed by atoms with Gasteiger partial charge in [-0.3, -0.25) is 0 Å². The fourth-order valence-corrected chi connectivity index (χ4v) is 3.09. The lowest BCUT2D eigenvalue weighted by Gasteiger charge is -2.27. The minimum absolute atomic E-state index is 0.00214. The van der Waals surface area contributed by atoms with Crippen molar-refractivity contribution in [2.45, 2.75) is 31.9 Å². The Morgan fingerprint density at radius 2 is 1.96 bits per heavy atom. The lowest BCUT2D eigenvalue weighted by atomic mass is 10.0. The summed E-state index contributed by atoms with van der Waals surface area (Å²) >= 11 is 0. The maximum atomic E-state index is 10.3. The molecule has 0 saturated carbocycles. The minimum atomic E-state index is -0.802. The molecule has 1 unspecified atom stereocenters. The van der Waals surface area contributed by atoms with Gasteiger partial charge in [-0.25, -0.2) is 0 Å². The summed E-state index contributed by atoms with van der Waals surface area (Å²) in [6.45, 7) is 4.23. The van der Waals surface area contributed by atoms with Crippen LogP contribution in [-0.4, -0.2) is 46.6 Å². The molecule has 8 heteroatoms. The third-order valence-electron chi connectivity index (χ3n) is 4.66. The quantitative estimate of drug-likeness (QED) is 0.364. The molecule has 150 valence electrons. The second-order valence-corrected chi connectivity index (χ2v) is 7.39. The first-order valence-electron chi connectivity index (χ1n) is 9.18. The van der Waals surface area contributed by atoms with Crippen molar-refractivity contribution >= 4 is 21.8 Å². The zero-order valence-electron chi connectivity index (χ0n) is 16.0. The van der Waals surface area contributed by atoms with Crippen LogP contribution in [0.3, 0.4) is 0 Å². The van der Waals surface area contributed by atoms with E-state index in [1.165, 1.54) is 0 Å². The summed E-state index contributed by atoms with van der Waals surface area (Å²) in [5.74, 6) is 0.715. The molecular formula is C20H25N3O5. The van der Waals surface area contributed by atoms with Crippen LogP contribution in [0.5, 0.6) is 5.75 Å². The van der Waals surface area contributed by atoms with Gasteiger partial charge in [0.05, 0.1) is 12.1 Å². The van der Waals surface area contributed by atoms with Gasteiger partial charge in [0.15, 0.2) is 0 Å². The number of rotatable bonds is 10. The highest BCUT2D eigenvalue weighted by molar-refractivity contribution is 6.10. The van der Waals surface area contributed by atoms with Crippen molar-refractivity contribution in [1.82, 2.24) is 10.3 Å². The van der Waals surface area contributed by atoms with E-state index in [2.05, 4.69) is 15.1 Å². The van der Waals surface area contributed by atoms with Crippen LogP contribution in [0, 0.1) is 10.1 Å². The fraction of sp³-hybridized carbons (Fsp3) is 0.400. The van der Waals surface area contributed by atoms with Gasteiger partial charge in [-0.1, -0.05) is 24.3 Å². The molecule has 1 atom stereocenters. The standard InChI is InChI=1S/C20H25N3O5/c1-20(2,10-11-28-23(25)26)21-12-14(24)13-27-18-9-5-8-17-19(18)15-6-3-4-7-16(15)22-17/h3-9,14,21-22,24H,10-13H2,1-2H3. The number of β-amino-alcohol motifs (C(OH)–C–C–N with tert-alkyl or cyclic N) is 1. The molecule has 0 aliphatic rings.